The molecule has 0 amide bonds. The fourth-order valence-electron chi connectivity index (χ4n) is 1.70. The van der Waals surface area contributed by atoms with Crippen molar-refractivity contribution in [3.63, 3.8) is 0 Å². The zero-order valence-corrected chi connectivity index (χ0v) is 9.52. The molecule has 0 fully saturated rings. The third-order valence-electron chi connectivity index (χ3n) is 2.59. The zero-order valence-electron chi connectivity index (χ0n) is 9.52. The first kappa shape index (κ1) is 12.4. The minimum atomic E-state index is -4.49. The Hall–Kier alpha value is -2.06. The number of rotatable bonds is 1. The Morgan fingerprint density at radius 1 is 1.22 bits per heavy atom. The Morgan fingerprint density at radius 3 is 2.39 bits per heavy atom. The number of hydrogen-bond donors (Lipinski definition) is 0. The van der Waals surface area contributed by atoms with Crippen molar-refractivity contribution in [2.45, 2.75) is 12.7 Å². The van der Waals surface area contributed by atoms with Crippen LogP contribution in [-0.2, 0) is 20.6 Å². The highest BCUT2D eigenvalue weighted by atomic mass is 19.4. The quantitative estimate of drug-likeness (QED) is 0.726. The normalized spacial score (nSPS) is 12.3. The number of fused-ring (bicyclic) bond motifs is 1. The SMILES string of the molecule is Cn1c(=O)c2c(cnn2CC(F)(F)F)n(C)c1=O. The van der Waals surface area contributed by atoms with E-state index in [-0.39, 0.29) is 11.0 Å². The number of aryl methyl sites for hydroxylation is 1. The van der Waals surface area contributed by atoms with E-state index in [0.717, 1.165) is 15.3 Å². The monoisotopic (exact) mass is 262 g/mol. The smallest absolute Gasteiger partial charge is 0.293 e. The summed E-state index contributed by atoms with van der Waals surface area (Å²) in [6.07, 6.45) is -3.41. The van der Waals surface area contributed by atoms with E-state index in [1.807, 2.05) is 0 Å². The van der Waals surface area contributed by atoms with Crippen LogP contribution in [0.2, 0.25) is 0 Å². The minimum Gasteiger partial charge on any atom is -0.293 e. The predicted octanol–water partition coefficient (Wildman–Crippen LogP) is -0.00400. The summed E-state index contributed by atoms with van der Waals surface area (Å²) in [6, 6.07) is 0. The van der Waals surface area contributed by atoms with Crippen LogP contribution in [0, 0.1) is 0 Å². The van der Waals surface area contributed by atoms with Gasteiger partial charge in [-0.05, 0) is 0 Å². The second-order valence-electron chi connectivity index (χ2n) is 3.86. The summed E-state index contributed by atoms with van der Waals surface area (Å²) in [4.78, 5) is 23.4. The van der Waals surface area contributed by atoms with E-state index in [2.05, 4.69) is 5.10 Å². The fourth-order valence-corrected chi connectivity index (χ4v) is 1.70. The van der Waals surface area contributed by atoms with Crippen LogP contribution >= 0.6 is 0 Å². The van der Waals surface area contributed by atoms with Gasteiger partial charge >= 0.3 is 11.9 Å². The van der Waals surface area contributed by atoms with Crippen LogP contribution in [0.15, 0.2) is 15.8 Å². The first-order chi connectivity index (χ1) is 8.22. The van der Waals surface area contributed by atoms with E-state index in [1.54, 1.807) is 0 Å². The molecule has 0 aliphatic carbocycles. The molecule has 2 aromatic heterocycles. The standard InChI is InChI=1S/C9H9F3N4O2/c1-14-5-3-13-16(4-9(10,11)12)6(5)7(17)15(2)8(14)18/h3H,4H2,1-2H3. The molecule has 0 aliphatic heterocycles. The molecular weight excluding hydrogens is 253 g/mol. The topological polar surface area (TPSA) is 61.8 Å². The highest BCUT2D eigenvalue weighted by molar-refractivity contribution is 5.73. The molecule has 98 valence electrons. The third kappa shape index (κ3) is 1.81. The molecule has 2 aromatic rings. The van der Waals surface area contributed by atoms with Gasteiger partial charge in [-0.15, -0.1) is 0 Å². The summed E-state index contributed by atoms with van der Waals surface area (Å²) in [5, 5.41) is 3.51. The molecule has 0 unspecified atom stereocenters. The molecule has 0 aromatic carbocycles. The molecule has 9 heteroatoms. The van der Waals surface area contributed by atoms with Gasteiger partial charge in [0.05, 0.1) is 11.7 Å². The summed E-state index contributed by atoms with van der Waals surface area (Å²) >= 11 is 0. The van der Waals surface area contributed by atoms with E-state index in [9.17, 15) is 22.8 Å². The van der Waals surface area contributed by atoms with E-state index in [0.29, 0.717) is 4.68 Å². The molecular formula is C9H9F3N4O2. The summed E-state index contributed by atoms with van der Waals surface area (Å²) in [5.74, 6) is 0. The number of aromatic nitrogens is 4. The van der Waals surface area contributed by atoms with Crippen LogP contribution in [0.3, 0.4) is 0 Å². The molecule has 18 heavy (non-hydrogen) atoms. The zero-order chi connectivity index (χ0) is 13.7. The maximum Gasteiger partial charge on any atom is 0.408 e. The van der Waals surface area contributed by atoms with Crippen molar-refractivity contribution in [1.29, 1.82) is 0 Å². The Morgan fingerprint density at radius 2 is 1.83 bits per heavy atom. The Bertz CT molecular complexity index is 722. The van der Waals surface area contributed by atoms with Gasteiger partial charge in [0.1, 0.15) is 6.54 Å². The van der Waals surface area contributed by atoms with Gasteiger partial charge < -0.3 is 0 Å². The van der Waals surface area contributed by atoms with Crippen LogP contribution in [0.25, 0.3) is 11.0 Å². The lowest BCUT2D eigenvalue weighted by Gasteiger charge is -2.08. The maximum absolute atomic E-state index is 12.3. The molecule has 2 heterocycles. The maximum atomic E-state index is 12.3. The van der Waals surface area contributed by atoms with Gasteiger partial charge in [-0.2, -0.15) is 18.3 Å². The molecule has 0 spiro atoms. The van der Waals surface area contributed by atoms with Crippen LogP contribution in [0.5, 0.6) is 0 Å². The molecule has 0 atom stereocenters. The van der Waals surface area contributed by atoms with Crippen molar-refractivity contribution in [2.24, 2.45) is 14.1 Å². The van der Waals surface area contributed by atoms with Gasteiger partial charge in [-0.25, -0.2) is 9.48 Å². The molecule has 2 rings (SSSR count). The molecule has 0 radical (unpaired) electrons. The van der Waals surface area contributed by atoms with Gasteiger partial charge in [0, 0.05) is 14.1 Å². The second kappa shape index (κ2) is 3.72. The molecule has 0 saturated carbocycles. The largest absolute Gasteiger partial charge is 0.408 e. The van der Waals surface area contributed by atoms with Crippen molar-refractivity contribution in [3.05, 3.63) is 27.0 Å². The lowest BCUT2D eigenvalue weighted by atomic mass is 10.4. The van der Waals surface area contributed by atoms with Gasteiger partial charge in [-0.3, -0.25) is 13.9 Å². The Kier molecular flexibility index (Phi) is 2.56. The first-order valence-corrected chi connectivity index (χ1v) is 4.90. The highest BCUT2D eigenvalue weighted by Gasteiger charge is 2.30. The minimum absolute atomic E-state index is 0.0763. The van der Waals surface area contributed by atoms with Crippen molar-refractivity contribution in [3.8, 4) is 0 Å². The fraction of sp³-hybridized carbons (Fsp3) is 0.444. The van der Waals surface area contributed by atoms with Gasteiger partial charge in [0.2, 0.25) is 0 Å². The summed E-state index contributed by atoms with van der Waals surface area (Å²) in [6.45, 7) is -1.37. The number of halogens is 3. The van der Waals surface area contributed by atoms with Crippen LogP contribution < -0.4 is 11.2 Å². The number of alkyl halides is 3. The third-order valence-corrected chi connectivity index (χ3v) is 2.59. The van der Waals surface area contributed by atoms with Gasteiger partial charge in [-0.1, -0.05) is 0 Å². The predicted molar refractivity (Wildman–Crippen MR) is 56.3 cm³/mol. The molecule has 6 nitrogen and oxygen atoms in total. The van der Waals surface area contributed by atoms with Gasteiger partial charge in [0.15, 0.2) is 5.52 Å². The van der Waals surface area contributed by atoms with Crippen molar-refractivity contribution >= 4 is 11.0 Å². The van der Waals surface area contributed by atoms with Crippen molar-refractivity contribution in [1.82, 2.24) is 18.9 Å². The van der Waals surface area contributed by atoms with E-state index in [4.69, 9.17) is 0 Å². The average Bonchev–Trinajstić information content (AvgIpc) is 2.65. The highest BCUT2D eigenvalue weighted by Crippen LogP contribution is 2.18. The summed E-state index contributed by atoms with van der Waals surface area (Å²) < 4.78 is 39.3. The Balaban J connectivity index is 2.82. The van der Waals surface area contributed by atoms with Crippen molar-refractivity contribution in [2.75, 3.05) is 0 Å². The van der Waals surface area contributed by atoms with Crippen LogP contribution in [-0.4, -0.2) is 25.1 Å². The summed E-state index contributed by atoms with van der Waals surface area (Å²) in [7, 11) is 2.57. The van der Waals surface area contributed by atoms with Crippen molar-refractivity contribution < 1.29 is 13.2 Å². The van der Waals surface area contributed by atoms with E-state index in [1.165, 1.54) is 14.1 Å². The van der Waals surface area contributed by atoms with Gasteiger partial charge in [0.25, 0.3) is 5.56 Å². The molecule has 0 aliphatic rings. The molecule has 0 saturated heterocycles. The molecule has 0 bridgehead atoms. The average molecular weight is 262 g/mol. The summed E-state index contributed by atoms with van der Waals surface area (Å²) in [5.41, 5.74) is -1.57. The van der Waals surface area contributed by atoms with E-state index >= 15 is 0 Å². The number of hydrogen-bond acceptors (Lipinski definition) is 3. The molecule has 0 N–H and O–H groups in total. The Labute approximate surface area is 97.9 Å². The second-order valence-corrected chi connectivity index (χ2v) is 3.86. The lowest BCUT2D eigenvalue weighted by molar-refractivity contribution is -0.141. The van der Waals surface area contributed by atoms with E-state index < -0.39 is 24.0 Å². The van der Waals surface area contributed by atoms with Crippen LogP contribution in [0.1, 0.15) is 0 Å². The number of nitrogens with zero attached hydrogens (tertiary/aromatic N) is 4. The first-order valence-electron chi connectivity index (χ1n) is 4.90. The lowest BCUT2D eigenvalue weighted by Crippen LogP contribution is -2.37. The van der Waals surface area contributed by atoms with Crippen LogP contribution in [0.4, 0.5) is 13.2 Å².